The van der Waals surface area contributed by atoms with Gasteiger partial charge in [0.15, 0.2) is 0 Å². The summed E-state index contributed by atoms with van der Waals surface area (Å²) in [5.74, 6) is 0. The topological polar surface area (TPSA) is 12.0 Å². The second kappa shape index (κ2) is 7.14. The highest BCUT2D eigenvalue weighted by Gasteiger charge is 2.00. The molecule has 2 aromatic rings. The van der Waals surface area contributed by atoms with Gasteiger partial charge in [0.1, 0.15) is 0 Å². The first kappa shape index (κ1) is 13.1. The minimum atomic E-state index is 0.913. The number of hydrogen-bond acceptors (Lipinski definition) is 2. The first-order chi connectivity index (χ1) is 8.90. The van der Waals surface area contributed by atoms with E-state index in [9.17, 15) is 0 Å². The van der Waals surface area contributed by atoms with Crippen LogP contribution in [0, 0.1) is 0 Å². The van der Waals surface area contributed by atoms with Gasteiger partial charge in [-0.05, 0) is 29.0 Å². The summed E-state index contributed by atoms with van der Waals surface area (Å²) in [6, 6.07) is 12.6. The molecule has 1 N–H and O–H groups in total. The zero-order valence-electron chi connectivity index (χ0n) is 10.7. The van der Waals surface area contributed by atoms with E-state index < -0.39 is 0 Å². The lowest BCUT2D eigenvalue weighted by molar-refractivity contribution is 0.765. The molecule has 2 rings (SSSR count). The van der Waals surface area contributed by atoms with Gasteiger partial charge in [0.05, 0.1) is 0 Å². The molecule has 1 heterocycles. The number of aryl methyl sites for hydroxylation is 1. The van der Waals surface area contributed by atoms with Gasteiger partial charge < -0.3 is 5.32 Å². The predicted octanol–water partition coefficient (Wildman–Crippen LogP) is 4.11. The maximum absolute atomic E-state index is 3.46. The van der Waals surface area contributed by atoms with Crippen LogP contribution in [0.5, 0.6) is 0 Å². The van der Waals surface area contributed by atoms with Crippen LogP contribution in [0.3, 0.4) is 0 Å². The molecule has 0 amide bonds. The number of nitrogens with one attached hydrogen (secondary N) is 1. The first-order valence-electron chi connectivity index (χ1n) is 6.37. The van der Waals surface area contributed by atoms with E-state index in [0.29, 0.717) is 0 Å². The Morgan fingerprint density at radius 1 is 1.17 bits per heavy atom. The normalized spacial score (nSPS) is 11.2. The van der Waals surface area contributed by atoms with Gasteiger partial charge in [0.25, 0.3) is 0 Å². The summed E-state index contributed by atoms with van der Waals surface area (Å²) >= 11 is 1.84. The second-order valence-electron chi connectivity index (χ2n) is 4.17. The van der Waals surface area contributed by atoms with Crippen molar-refractivity contribution in [2.24, 2.45) is 0 Å². The quantitative estimate of drug-likeness (QED) is 0.768. The summed E-state index contributed by atoms with van der Waals surface area (Å²) < 4.78 is 0. The molecule has 0 bridgehead atoms. The van der Waals surface area contributed by atoms with E-state index in [1.807, 2.05) is 17.4 Å². The minimum absolute atomic E-state index is 0.913. The van der Waals surface area contributed by atoms with Crippen LogP contribution in [0.4, 0.5) is 0 Å². The molecule has 0 saturated carbocycles. The average Bonchev–Trinajstić information content (AvgIpc) is 2.87. The molecule has 2 heteroatoms. The third-order valence-corrected chi connectivity index (χ3v) is 3.84. The van der Waals surface area contributed by atoms with Crippen molar-refractivity contribution in [3.63, 3.8) is 0 Å². The maximum atomic E-state index is 3.46. The second-order valence-corrected chi connectivity index (χ2v) is 5.17. The van der Waals surface area contributed by atoms with Crippen LogP contribution in [0.15, 0.2) is 47.9 Å². The van der Waals surface area contributed by atoms with Gasteiger partial charge in [-0.1, -0.05) is 49.4 Å². The Bertz CT molecular complexity index is 485. The van der Waals surface area contributed by atoms with Crippen molar-refractivity contribution >= 4 is 17.4 Å². The van der Waals surface area contributed by atoms with Gasteiger partial charge in [-0.25, -0.2) is 0 Å². The van der Waals surface area contributed by atoms with Crippen LogP contribution >= 0.6 is 11.3 Å². The molecule has 0 fully saturated rings. The standard InChI is InChI=1S/C16H19NS/c1-2-15-10-12-18-16(15)13-17-11-6-9-14-7-4-3-5-8-14/h3-10,12,17H,2,11,13H2,1H3. The zero-order chi connectivity index (χ0) is 12.6. The van der Waals surface area contributed by atoms with E-state index in [1.54, 1.807) is 0 Å². The van der Waals surface area contributed by atoms with Crippen molar-refractivity contribution in [1.29, 1.82) is 0 Å². The molecule has 1 aromatic heterocycles. The molecular weight excluding hydrogens is 238 g/mol. The monoisotopic (exact) mass is 257 g/mol. The van der Waals surface area contributed by atoms with Crippen LogP contribution in [0.2, 0.25) is 0 Å². The van der Waals surface area contributed by atoms with Gasteiger partial charge >= 0.3 is 0 Å². The maximum Gasteiger partial charge on any atom is 0.0305 e. The molecular formula is C16H19NS. The molecule has 0 aliphatic rings. The number of thiophene rings is 1. The third-order valence-electron chi connectivity index (χ3n) is 2.88. The number of benzene rings is 1. The summed E-state index contributed by atoms with van der Waals surface area (Å²) in [5.41, 5.74) is 2.73. The Morgan fingerprint density at radius 3 is 2.78 bits per heavy atom. The summed E-state index contributed by atoms with van der Waals surface area (Å²) in [5, 5.41) is 5.63. The van der Waals surface area contributed by atoms with Crippen molar-refractivity contribution in [3.8, 4) is 0 Å². The highest BCUT2D eigenvalue weighted by molar-refractivity contribution is 7.10. The SMILES string of the molecule is CCc1ccsc1CNCC=Cc1ccccc1. The Labute approximate surface area is 113 Å². The van der Waals surface area contributed by atoms with Crippen LogP contribution in [0.25, 0.3) is 6.08 Å². The summed E-state index contributed by atoms with van der Waals surface area (Å²) in [6.45, 7) is 4.09. The lowest BCUT2D eigenvalue weighted by atomic mass is 10.2. The van der Waals surface area contributed by atoms with Crippen molar-refractivity contribution in [2.45, 2.75) is 19.9 Å². The fourth-order valence-electron chi connectivity index (χ4n) is 1.87. The molecule has 0 aliphatic heterocycles. The van der Waals surface area contributed by atoms with Crippen molar-refractivity contribution in [1.82, 2.24) is 5.32 Å². The van der Waals surface area contributed by atoms with Crippen molar-refractivity contribution < 1.29 is 0 Å². The Morgan fingerprint density at radius 2 is 2.00 bits per heavy atom. The summed E-state index contributed by atoms with van der Waals surface area (Å²) in [7, 11) is 0. The van der Waals surface area contributed by atoms with Gasteiger partial charge in [-0.15, -0.1) is 11.3 Å². The molecule has 18 heavy (non-hydrogen) atoms. The number of rotatable bonds is 6. The van der Waals surface area contributed by atoms with Crippen LogP contribution in [-0.2, 0) is 13.0 Å². The summed E-state index contributed by atoms with van der Waals surface area (Å²) in [4.78, 5) is 1.46. The molecule has 1 nitrogen and oxygen atoms in total. The Balaban J connectivity index is 1.75. The fraction of sp³-hybridized carbons (Fsp3) is 0.250. The zero-order valence-corrected chi connectivity index (χ0v) is 11.5. The molecule has 0 aliphatic carbocycles. The average molecular weight is 257 g/mol. The molecule has 0 saturated heterocycles. The third kappa shape index (κ3) is 3.83. The van der Waals surface area contributed by atoms with E-state index in [2.05, 4.69) is 60.1 Å². The molecule has 0 unspecified atom stereocenters. The van der Waals surface area contributed by atoms with Crippen molar-refractivity contribution in [3.05, 3.63) is 63.9 Å². The molecule has 94 valence electrons. The highest BCUT2D eigenvalue weighted by atomic mass is 32.1. The van der Waals surface area contributed by atoms with E-state index in [-0.39, 0.29) is 0 Å². The molecule has 0 atom stereocenters. The van der Waals surface area contributed by atoms with Gasteiger partial charge in [0, 0.05) is 18.0 Å². The Hall–Kier alpha value is -1.38. The minimum Gasteiger partial charge on any atom is -0.308 e. The van der Waals surface area contributed by atoms with E-state index in [0.717, 1.165) is 19.5 Å². The lowest BCUT2D eigenvalue weighted by Crippen LogP contribution is -2.12. The van der Waals surface area contributed by atoms with E-state index in [4.69, 9.17) is 0 Å². The van der Waals surface area contributed by atoms with Crippen LogP contribution < -0.4 is 5.32 Å². The molecule has 0 spiro atoms. The van der Waals surface area contributed by atoms with E-state index in [1.165, 1.54) is 16.0 Å². The van der Waals surface area contributed by atoms with Gasteiger partial charge in [-0.2, -0.15) is 0 Å². The van der Waals surface area contributed by atoms with Crippen LogP contribution in [-0.4, -0.2) is 6.54 Å². The number of hydrogen-bond donors (Lipinski definition) is 1. The molecule has 0 radical (unpaired) electrons. The summed E-state index contributed by atoms with van der Waals surface area (Å²) in [6.07, 6.45) is 5.46. The van der Waals surface area contributed by atoms with Gasteiger partial charge in [-0.3, -0.25) is 0 Å². The largest absolute Gasteiger partial charge is 0.308 e. The molecule has 1 aromatic carbocycles. The highest BCUT2D eigenvalue weighted by Crippen LogP contribution is 2.16. The first-order valence-corrected chi connectivity index (χ1v) is 7.25. The fourth-order valence-corrected chi connectivity index (χ4v) is 2.81. The van der Waals surface area contributed by atoms with Gasteiger partial charge in [0.2, 0.25) is 0 Å². The Kier molecular flexibility index (Phi) is 5.18. The smallest absolute Gasteiger partial charge is 0.0305 e. The van der Waals surface area contributed by atoms with Crippen molar-refractivity contribution in [2.75, 3.05) is 6.54 Å². The predicted molar refractivity (Wildman–Crippen MR) is 80.9 cm³/mol. The van der Waals surface area contributed by atoms with Crippen LogP contribution in [0.1, 0.15) is 22.9 Å². The lowest BCUT2D eigenvalue weighted by Gasteiger charge is -2.02. The van der Waals surface area contributed by atoms with E-state index >= 15 is 0 Å².